The van der Waals surface area contributed by atoms with Crippen molar-refractivity contribution in [3.63, 3.8) is 0 Å². The molecule has 0 radical (unpaired) electrons. The molecule has 4 rings (SSSR count). The van der Waals surface area contributed by atoms with Gasteiger partial charge < -0.3 is 34.7 Å². The molecule has 2 aromatic heterocycles. The summed E-state index contributed by atoms with van der Waals surface area (Å²) in [6.07, 6.45) is -3.88. The topological polar surface area (TPSA) is 189 Å². The van der Waals surface area contributed by atoms with Crippen LogP contribution in [0.2, 0.25) is 0 Å². The van der Waals surface area contributed by atoms with E-state index in [2.05, 4.69) is 15.2 Å². The monoisotopic (exact) mass is 597 g/mol. The van der Waals surface area contributed by atoms with Gasteiger partial charge >= 0.3 is 13.7 Å². The average Bonchev–Trinajstić information content (AvgIpc) is 3.51. The van der Waals surface area contributed by atoms with Crippen LogP contribution in [0.4, 0.5) is 10.2 Å². The quantitative estimate of drug-likeness (QED) is 0.164. The molecule has 0 aliphatic carbocycles. The zero-order valence-corrected chi connectivity index (χ0v) is 23.5. The number of aliphatic hydroxyl groups is 2. The van der Waals surface area contributed by atoms with Crippen molar-refractivity contribution < 1.29 is 47.2 Å². The summed E-state index contributed by atoms with van der Waals surface area (Å²) in [4.78, 5) is 16.4. The number of nitrogens with one attached hydrogen (secondary N) is 1. The van der Waals surface area contributed by atoms with Gasteiger partial charge in [-0.2, -0.15) is 10.2 Å². The molecule has 1 aromatic carbocycles. The number of hydrogen-bond acceptors (Lipinski definition) is 12. The normalized spacial score (nSPS) is 25.5. The number of para-hydroxylation sites is 1. The van der Waals surface area contributed by atoms with Crippen LogP contribution in [0, 0.1) is 0 Å². The first-order valence-corrected chi connectivity index (χ1v) is 14.2. The third-order valence-corrected chi connectivity index (χ3v) is 8.20. The number of ether oxygens (including phenoxy) is 3. The highest BCUT2D eigenvalue weighted by Gasteiger charge is 2.57. The Labute approximate surface area is 235 Å². The van der Waals surface area contributed by atoms with Crippen LogP contribution in [-0.4, -0.2) is 87.7 Å². The predicted molar refractivity (Wildman–Crippen MR) is 143 cm³/mol. The molecule has 7 atom stereocenters. The van der Waals surface area contributed by atoms with Gasteiger partial charge in [0.1, 0.15) is 60.8 Å². The first kappa shape index (κ1) is 30.8. The second-order valence-corrected chi connectivity index (χ2v) is 11.3. The fraction of sp³-hybridized carbons (Fsp3) is 0.480. The van der Waals surface area contributed by atoms with Gasteiger partial charge in [0.25, 0.3) is 0 Å². The number of nitrogen functional groups attached to an aromatic ring is 1. The van der Waals surface area contributed by atoms with Gasteiger partial charge in [0.05, 0.1) is 18.4 Å². The molecular formula is C25H33FN5O9P. The van der Waals surface area contributed by atoms with E-state index in [1.54, 1.807) is 37.3 Å². The summed E-state index contributed by atoms with van der Waals surface area (Å²) < 4.78 is 57.1. The van der Waals surface area contributed by atoms with Crippen LogP contribution in [0.5, 0.6) is 5.75 Å². The van der Waals surface area contributed by atoms with Crippen LogP contribution in [0.1, 0.15) is 25.6 Å². The van der Waals surface area contributed by atoms with Crippen LogP contribution in [-0.2, 0) is 28.1 Å². The van der Waals surface area contributed by atoms with Gasteiger partial charge in [-0.15, -0.1) is 0 Å². The van der Waals surface area contributed by atoms with Crippen molar-refractivity contribution >= 4 is 25.1 Å². The number of halogens is 1. The summed E-state index contributed by atoms with van der Waals surface area (Å²) in [6, 6.07) is 9.87. The van der Waals surface area contributed by atoms with Crippen molar-refractivity contribution in [3.05, 3.63) is 54.5 Å². The molecule has 1 saturated heterocycles. The molecule has 1 fully saturated rings. The smallest absolute Gasteiger partial charge is 0.459 e. The number of aliphatic hydroxyl groups excluding tert-OH is 2. The van der Waals surface area contributed by atoms with E-state index in [9.17, 15) is 24.0 Å². The lowest BCUT2D eigenvalue weighted by atomic mass is 9.96. The second-order valence-electron chi connectivity index (χ2n) is 9.58. The Morgan fingerprint density at radius 3 is 2.68 bits per heavy atom. The zero-order chi connectivity index (χ0) is 29.8. The van der Waals surface area contributed by atoms with E-state index in [0.29, 0.717) is 5.52 Å². The van der Waals surface area contributed by atoms with Gasteiger partial charge in [-0.05, 0) is 38.1 Å². The lowest BCUT2D eigenvalue weighted by Crippen LogP contribution is -2.49. The number of anilines is 1. The lowest BCUT2D eigenvalue weighted by molar-refractivity contribution is -0.148. The summed E-state index contributed by atoms with van der Waals surface area (Å²) in [6.45, 7) is 0.849. The number of fused-ring (bicyclic) bond motifs is 1. The zero-order valence-electron chi connectivity index (χ0n) is 22.6. The molecular weight excluding hydrogens is 564 g/mol. The van der Waals surface area contributed by atoms with Crippen LogP contribution < -0.4 is 15.3 Å². The predicted octanol–water partition coefficient (Wildman–Crippen LogP) is 1.57. The molecule has 41 heavy (non-hydrogen) atoms. The molecule has 3 aromatic rings. The molecule has 1 aliphatic rings. The fourth-order valence-corrected chi connectivity index (χ4v) is 5.70. The Hall–Kier alpha value is -3.17. The van der Waals surface area contributed by atoms with Crippen LogP contribution in [0.15, 0.2) is 48.8 Å². The Kier molecular flexibility index (Phi) is 9.59. The molecule has 0 amide bonds. The summed E-state index contributed by atoms with van der Waals surface area (Å²) in [5.74, 6) is -0.494. The molecule has 14 nitrogen and oxygen atoms in total. The molecule has 224 valence electrons. The van der Waals surface area contributed by atoms with Crippen molar-refractivity contribution in [3.8, 4) is 5.75 Å². The summed E-state index contributed by atoms with van der Waals surface area (Å²) in [5, 5.41) is 28.3. The fourth-order valence-electron chi connectivity index (χ4n) is 4.15. The highest BCUT2D eigenvalue weighted by Crippen LogP contribution is 2.48. The number of rotatable bonds is 13. The van der Waals surface area contributed by atoms with E-state index in [1.807, 2.05) is 0 Å². The third-order valence-electron chi connectivity index (χ3n) is 6.58. The van der Waals surface area contributed by atoms with Gasteiger partial charge in [-0.3, -0.25) is 9.32 Å². The highest BCUT2D eigenvalue weighted by atomic mass is 31.2. The maximum atomic E-state index is 14.6. The Balaban J connectivity index is 1.55. The Morgan fingerprint density at radius 1 is 1.27 bits per heavy atom. The molecule has 5 N–H and O–H groups in total. The molecule has 0 bridgehead atoms. The number of esters is 1. The van der Waals surface area contributed by atoms with Crippen molar-refractivity contribution in [2.24, 2.45) is 0 Å². The number of hydrogen-bond donors (Lipinski definition) is 4. The second kappa shape index (κ2) is 12.8. The van der Waals surface area contributed by atoms with Crippen LogP contribution in [0.25, 0.3) is 5.52 Å². The summed E-state index contributed by atoms with van der Waals surface area (Å²) in [7, 11) is -2.99. The maximum absolute atomic E-state index is 14.6. The molecule has 1 aliphatic heterocycles. The van der Waals surface area contributed by atoms with Gasteiger partial charge in [-0.1, -0.05) is 18.2 Å². The number of benzene rings is 1. The lowest BCUT2D eigenvalue weighted by Gasteiger charge is -2.31. The minimum absolute atomic E-state index is 0.0543. The van der Waals surface area contributed by atoms with E-state index >= 15 is 0 Å². The van der Waals surface area contributed by atoms with E-state index in [0.717, 1.165) is 0 Å². The van der Waals surface area contributed by atoms with Gasteiger partial charge in [0, 0.05) is 7.11 Å². The molecule has 16 heteroatoms. The van der Waals surface area contributed by atoms with E-state index in [-0.39, 0.29) is 30.0 Å². The summed E-state index contributed by atoms with van der Waals surface area (Å²) in [5.41, 5.74) is 4.38. The SMILES string of the molecule is CO[C@H](C)COC(=O)[C@H](C)NP(=O)(OC[C@@]1(CF)O[C@@H](c2ccc3c(N)ncnn23)[C@H](O)[C@@H]1O)Oc1ccccc1. The standard InChI is InChI=1S/C25H33FN5O9P/c1-15(36-3)11-37-24(34)16(2)30-41(35,40-17-7-5-4-6-8-17)38-13-25(12-26)22(33)20(32)21(39-25)18-9-10-19-23(27)28-14-29-31(18)19/h4-10,14-16,20-22,32-33H,11-13H2,1-3H3,(H,30,35)(H2,27,28,29)/t15-,16+,20+,21+,22+,25-,41?/m1/s1. The number of aromatic nitrogens is 3. The molecule has 0 saturated carbocycles. The van der Waals surface area contributed by atoms with Gasteiger partial charge in [-0.25, -0.2) is 18.5 Å². The highest BCUT2D eigenvalue weighted by molar-refractivity contribution is 7.52. The number of nitrogens with zero attached hydrogens (tertiary/aromatic N) is 3. The van der Waals surface area contributed by atoms with Crippen molar-refractivity contribution in [2.75, 3.05) is 32.7 Å². The molecule has 0 spiro atoms. The Bertz CT molecular complexity index is 1380. The molecule has 1 unspecified atom stereocenters. The van der Waals surface area contributed by atoms with Gasteiger partial charge in [0.2, 0.25) is 0 Å². The number of alkyl halides is 1. The van der Waals surface area contributed by atoms with Crippen LogP contribution in [0.3, 0.4) is 0 Å². The van der Waals surface area contributed by atoms with E-state index < -0.39 is 57.0 Å². The minimum atomic E-state index is -4.45. The van der Waals surface area contributed by atoms with Crippen molar-refractivity contribution in [1.29, 1.82) is 0 Å². The molecule has 3 heterocycles. The number of carbonyl (C=O) groups is 1. The minimum Gasteiger partial charge on any atom is -0.462 e. The first-order chi connectivity index (χ1) is 19.5. The largest absolute Gasteiger partial charge is 0.462 e. The number of carbonyl (C=O) groups excluding carboxylic acids is 1. The van der Waals surface area contributed by atoms with E-state index in [4.69, 9.17) is 29.0 Å². The third kappa shape index (κ3) is 6.67. The maximum Gasteiger partial charge on any atom is 0.459 e. The number of nitrogens with two attached hydrogens (primary N) is 1. The Morgan fingerprint density at radius 2 is 2.00 bits per heavy atom. The summed E-state index contributed by atoms with van der Waals surface area (Å²) >= 11 is 0. The van der Waals surface area contributed by atoms with Crippen molar-refractivity contribution in [2.45, 2.75) is 49.9 Å². The van der Waals surface area contributed by atoms with Crippen LogP contribution >= 0.6 is 7.75 Å². The van der Waals surface area contributed by atoms with Gasteiger partial charge in [0.15, 0.2) is 5.82 Å². The van der Waals surface area contributed by atoms with E-state index in [1.165, 1.54) is 37.0 Å². The number of methoxy groups -OCH3 is 1. The van der Waals surface area contributed by atoms with Crippen molar-refractivity contribution in [1.82, 2.24) is 19.7 Å². The first-order valence-electron chi connectivity index (χ1n) is 12.7. The average molecular weight is 598 g/mol.